The number of hydrogen-bond donors (Lipinski definition) is 1. The number of piperazine rings is 1. The van der Waals surface area contributed by atoms with Crippen molar-refractivity contribution >= 4 is 5.91 Å². The van der Waals surface area contributed by atoms with Gasteiger partial charge in [-0.25, -0.2) is 0 Å². The molecule has 0 aromatic carbocycles. The van der Waals surface area contributed by atoms with Crippen molar-refractivity contribution in [3.8, 4) is 0 Å². The number of piperidine rings is 1. The summed E-state index contributed by atoms with van der Waals surface area (Å²) in [4.78, 5) is 18.1. The second-order valence-electron chi connectivity index (χ2n) is 7.88. The van der Waals surface area contributed by atoms with Crippen molar-refractivity contribution in [3.05, 3.63) is 18.5 Å². The average molecular weight is 361 g/mol. The molecule has 26 heavy (non-hydrogen) atoms. The molecule has 0 radical (unpaired) electrons. The van der Waals surface area contributed by atoms with Gasteiger partial charge in [-0.3, -0.25) is 14.4 Å². The molecule has 1 amide bonds. The number of ether oxygens (including phenoxy) is 1. The van der Waals surface area contributed by atoms with Gasteiger partial charge in [0.2, 0.25) is 0 Å². The van der Waals surface area contributed by atoms with E-state index >= 15 is 0 Å². The molecule has 0 unspecified atom stereocenters. The number of aromatic nitrogens is 2. The molecule has 0 spiro atoms. The summed E-state index contributed by atoms with van der Waals surface area (Å²) in [5.41, 5.74) is -0.502. The molecule has 0 saturated carbocycles. The van der Waals surface area contributed by atoms with Crippen molar-refractivity contribution in [3.63, 3.8) is 0 Å². The van der Waals surface area contributed by atoms with Crippen LogP contribution in [0.3, 0.4) is 0 Å². The number of rotatable bonds is 4. The Morgan fingerprint density at radius 1 is 1.15 bits per heavy atom. The number of carbonyl (C=O) groups is 1. The van der Waals surface area contributed by atoms with Crippen LogP contribution in [0.2, 0.25) is 0 Å². The first-order chi connectivity index (χ1) is 12.8. The van der Waals surface area contributed by atoms with Gasteiger partial charge in [0.05, 0.1) is 0 Å². The van der Waals surface area contributed by atoms with Crippen LogP contribution < -0.4 is 5.32 Å². The van der Waals surface area contributed by atoms with E-state index in [1.165, 1.54) is 12.8 Å². The Bertz CT molecular complexity index is 571. The van der Waals surface area contributed by atoms with Gasteiger partial charge in [-0.15, -0.1) is 0 Å². The molecule has 7 nitrogen and oxygen atoms in total. The van der Waals surface area contributed by atoms with Crippen LogP contribution in [-0.2, 0) is 15.1 Å². The van der Waals surface area contributed by atoms with Crippen LogP contribution in [0.4, 0.5) is 0 Å². The SMILES string of the molecule is O=C(N1CCN(CC2CCOCC2)CC1)C1(n2cccn2)CCNCC1. The second kappa shape index (κ2) is 8.06. The van der Waals surface area contributed by atoms with Gasteiger partial charge in [0, 0.05) is 58.3 Å². The largest absolute Gasteiger partial charge is 0.381 e. The van der Waals surface area contributed by atoms with E-state index in [1.54, 1.807) is 6.20 Å². The number of nitrogens with one attached hydrogen (secondary N) is 1. The predicted molar refractivity (Wildman–Crippen MR) is 98.9 cm³/mol. The highest BCUT2D eigenvalue weighted by Crippen LogP contribution is 2.30. The van der Waals surface area contributed by atoms with Crippen molar-refractivity contribution in [1.29, 1.82) is 0 Å². The minimum atomic E-state index is -0.502. The number of hydrogen-bond acceptors (Lipinski definition) is 5. The Hall–Kier alpha value is -1.44. The molecule has 4 rings (SSSR count). The summed E-state index contributed by atoms with van der Waals surface area (Å²) in [6, 6.07) is 1.92. The Kier molecular flexibility index (Phi) is 5.57. The molecule has 3 aliphatic rings. The fourth-order valence-electron chi connectivity index (χ4n) is 4.63. The Balaban J connectivity index is 1.37. The predicted octanol–water partition coefficient (Wildman–Crippen LogP) is 0.533. The van der Waals surface area contributed by atoms with E-state index < -0.39 is 5.54 Å². The summed E-state index contributed by atoms with van der Waals surface area (Å²) < 4.78 is 7.37. The molecular formula is C19H31N5O2. The summed E-state index contributed by atoms with van der Waals surface area (Å²) in [6.45, 7) is 8.33. The number of carbonyl (C=O) groups excluding carboxylic acids is 1. The summed E-state index contributed by atoms with van der Waals surface area (Å²) in [7, 11) is 0. The molecular weight excluding hydrogens is 330 g/mol. The average Bonchev–Trinajstić information content (AvgIpc) is 3.25. The Morgan fingerprint density at radius 3 is 2.54 bits per heavy atom. The molecule has 0 bridgehead atoms. The van der Waals surface area contributed by atoms with Gasteiger partial charge in [0.1, 0.15) is 5.54 Å². The van der Waals surface area contributed by atoms with Gasteiger partial charge in [-0.2, -0.15) is 5.10 Å². The maximum Gasteiger partial charge on any atom is 0.250 e. The van der Waals surface area contributed by atoms with Crippen LogP contribution in [0.1, 0.15) is 25.7 Å². The minimum absolute atomic E-state index is 0.258. The van der Waals surface area contributed by atoms with E-state index in [9.17, 15) is 4.79 Å². The standard InChI is InChI=1S/C19H31N5O2/c25-18(19(4-7-20-8-5-19)24-9-1-6-21-24)23-12-10-22(11-13-23)16-17-2-14-26-15-3-17/h1,6,9,17,20H,2-5,7-8,10-16H2. The van der Waals surface area contributed by atoms with Crippen LogP contribution in [0, 0.1) is 5.92 Å². The maximum atomic E-state index is 13.5. The van der Waals surface area contributed by atoms with Crippen molar-refractivity contribution in [2.75, 3.05) is 59.0 Å². The van der Waals surface area contributed by atoms with Crippen molar-refractivity contribution in [2.24, 2.45) is 5.92 Å². The van der Waals surface area contributed by atoms with Crippen LogP contribution in [0.15, 0.2) is 18.5 Å². The normalized spacial score (nSPS) is 25.3. The number of amides is 1. The molecule has 7 heteroatoms. The van der Waals surface area contributed by atoms with Gasteiger partial charge in [0.25, 0.3) is 5.91 Å². The van der Waals surface area contributed by atoms with Gasteiger partial charge in [-0.05, 0) is 50.8 Å². The summed E-state index contributed by atoms with van der Waals surface area (Å²) in [5, 5.41) is 7.82. The van der Waals surface area contributed by atoms with Gasteiger partial charge >= 0.3 is 0 Å². The zero-order valence-corrected chi connectivity index (χ0v) is 15.6. The Labute approximate surface area is 155 Å². The van der Waals surface area contributed by atoms with Crippen molar-refractivity contribution < 1.29 is 9.53 Å². The van der Waals surface area contributed by atoms with Crippen molar-refractivity contribution in [1.82, 2.24) is 24.9 Å². The molecule has 0 atom stereocenters. The highest BCUT2D eigenvalue weighted by molar-refractivity contribution is 5.84. The zero-order valence-electron chi connectivity index (χ0n) is 15.6. The van der Waals surface area contributed by atoms with Crippen LogP contribution in [-0.4, -0.2) is 84.5 Å². The van der Waals surface area contributed by atoms with Crippen molar-refractivity contribution in [2.45, 2.75) is 31.2 Å². The molecule has 0 aliphatic carbocycles. The maximum absolute atomic E-state index is 13.5. The van der Waals surface area contributed by atoms with E-state index in [2.05, 4.69) is 20.2 Å². The van der Waals surface area contributed by atoms with Crippen LogP contribution >= 0.6 is 0 Å². The lowest BCUT2D eigenvalue weighted by Gasteiger charge is -2.43. The van der Waals surface area contributed by atoms with Crippen LogP contribution in [0.5, 0.6) is 0 Å². The topological polar surface area (TPSA) is 62.6 Å². The summed E-state index contributed by atoms with van der Waals surface area (Å²) in [5.74, 6) is 1.01. The van der Waals surface area contributed by atoms with E-state index in [0.29, 0.717) is 0 Å². The third-order valence-corrected chi connectivity index (χ3v) is 6.29. The molecule has 144 valence electrons. The highest BCUT2D eigenvalue weighted by atomic mass is 16.5. The third-order valence-electron chi connectivity index (χ3n) is 6.29. The number of nitrogens with zero attached hydrogens (tertiary/aromatic N) is 4. The van der Waals surface area contributed by atoms with Gasteiger partial charge in [-0.1, -0.05) is 0 Å². The second-order valence-corrected chi connectivity index (χ2v) is 7.88. The van der Waals surface area contributed by atoms with Gasteiger partial charge in [0.15, 0.2) is 0 Å². The molecule has 4 heterocycles. The molecule has 1 aromatic rings. The smallest absolute Gasteiger partial charge is 0.250 e. The van der Waals surface area contributed by atoms with E-state index in [-0.39, 0.29) is 5.91 Å². The molecule has 1 N–H and O–H groups in total. The van der Waals surface area contributed by atoms with E-state index in [4.69, 9.17) is 4.74 Å². The Morgan fingerprint density at radius 2 is 1.88 bits per heavy atom. The lowest BCUT2D eigenvalue weighted by molar-refractivity contribution is -0.145. The fourth-order valence-corrected chi connectivity index (χ4v) is 4.63. The van der Waals surface area contributed by atoms with E-state index in [1.807, 2.05) is 16.9 Å². The monoisotopic (exact) mass is 361 g/mol. The minimum Gasteiger partial charge on any atom is -0.381 e. The summed E-state index contributed by atoms with van der Waals surface area (Å²) in [6.07, 6.45) is 7.71. The summed E-state index contributed by atoms with van der Waals surface area (Å²) >= 11 is 0. The zero-order chi connectivity index (χ0) is 17.8. The third kappa shape index (κ3) is 3.66. The quantitative estimate of drug-likeness (QED) is 0.848. The highest BCUT2D eigenvalue weighted by Gasteiger charge is 2.44. The van der Waals surface area contributed by atoms with Crippen LogP contribution in [0.25, 0.3) is 0 Å². The molecule has 3 saturated heterocycles. The lowest BCUT2D eigenvalue weighted by atomic mass is 9.86. The van der Waals surface area contributed by atoms with E-state index in [0.717, 1.165) is 77.8 Å². The first kappa shape index (κ1) is 17.9. The fraction of sp³-hybridized carbons (Fsp3) is 0.789. The first-order valence-electron chi connectivity index (χ1n) is 10.1. The molecule has 3 aliphatic heterocycles. The molecule has 3 fully saturated rings. The van der Waals surface area contributed by atoms with Gasteiger partial charge < -0.3 is 15.0 Å². The lowest BCUT2D eigenvalue weighted by Crippen LogP contribution is -2.59. The first-order valence-corrected chi connectivity index (χ1v) is 10.1. The molecule has 1 aromatic heterocycles.